The highest BCUT2D eigenvalue weighted by atomic mass is 35.5. The predicted octanol–water partition coefficient (Wildman–Crippen LogP) is 1.90. The van der Waals surface area contributed by atoms with Crippen LogP contribution in [0.1, 0.15) is 30.0 Å². The van der Waals surface area contributed by atoms with E-state index >= 15 is 0 Å². The number of Topliss-reactive ketones (excluding diaryl/α,β-unsaturated/α-hetero) is 1. The lowest BCUT2D eigenvalue weighted by Crippen LogP contribution is -2.02. The second-order valence-electron chi connectivity index (χ2n) is 2.39. The fourth-order valence-corrected chi connectivity index (χ4v) is 1.26. The molecule has 1 rings (SSSR count). The van der Waals surface area contributed by atoms with Gasteiger partial charge in [-0.2, -0.15) is 0 Å². The van der Waals surface area contributed by atoms with Crippen LogP contribution in [0.3, 0.4) is 0 Å². The monoisotopic (exact) mass is 184 g/mol. The van der Waals surface area contributed by atoms with Crippen molar-refractivity contribution in [2.24, 2.45) is 0 Å². The van der Waals surface area contributed by atoms with Crippen LogP contribution in [0.4, 0.5) is 0 Å². The van der Waals surface area contributed by atoms with E-state index in [2.05, 4.69) is 9.97 Å². The number of aromatic nitrogens is 2. The first-order valence-corrected chi connectivity index (χ1v) is 4.05. The van der Waals surface area contributed by atoms with E-state index in [1.807, 2.05) is 6.92 Å². The van der Waals surface area contributed by atoms with E-state index in [-0.39, 0.29) is 5.78 Å². The van der Waals surface area contributed by atoms with E-state index in [1.165, 1.54) is 13.3 Å². The first-order valence-electron chi connectivity index (χ1n) is 3.67. The number of halogens is 1. The Morgan fingerprint density at radius 3 is 2.75 bits per heavy atom. The molecule has 0 aromatic carbocycles. The first-order chi connectivity index (χ1) is 5.66. The van der Waals surface area contributed by atoms with Gasteiger partial charge in [-0.25, -0.2) is 9.97 Å². The van der Waals surface area contributed by atoms with Crippen molar-refractivity contribution >= 4 is 17.4 Å². The van der Waals surface area contributed by atoms with Gasteiger partial charge in [-0.3, -0.25) is 4.79 Å². The van der Waals surface area contributed by atoms with Gasteiger partial charge in [0, 0.05) is 6.92 Å². The molecule has 0 N–H and O–H groups in total. The molecule has 0 radical (unpaired) electrons. The maximum Gasteiger partial charge on any atom is 0.179 e. The van der Waals surface area contributed by atoms with Gasteiger partial charge in [0.2, 0.25) is 0 Å². The lowest BCUT2D eigenvalue weighted by molar-refractivity contribution is 0.101. The van der Waals surface area contributed by atoms with Gasteiger partial charge in [-0.1, -0.05) is 18.5 Å². The Bertz CT molecular complexity index is 312. The zero-order chi connectivity index (χ0) is 9.14. The molecule has 0 spiro atoms. The number of hydrogen-bond donors (Lipinski definition) is 0. The molecule has 1 aromatic rings. The van der Waals surface area contributed by atoms with Crippen molar-refractivity contribution in [1.29, 1.82) is 0 Å². The van der Waals surface area contributed by atoms with Crippen LogP contribution in [0.5, 0.6) is 0 Å². The molecule has 1 aromatic heterocycles. The number of ketones is 1. The van der Waals surface area contributed by atoms with Crippen LogP contribution >= 0.6 is 11.6 Å². The normalized spacial score (nSPS) is 9.92. The summed E-state index contributed by atoms with van der Waals surface area (Å²) in [5.74, 6) is -0.128. The summed E-state index contributed by atoms with van der Waals surface area (Å²) in [6.07, 6.45) is 2.07. The van der Waals surface area contributed by atoms with Crippen LogP contribution in [0.15, 0.2) is 6.33 Å². The fourth-order valence-electron chi connectivity index (χ4n) is 0.898. The average molecular weight is 185 g/mol. The highest BCUT2D eigenvalue weighted by molar-refractivity contribution is 6.34. The fraction of sp³-hybridized carbons (Fsp3) is 0.375. The zero-order valence-corrected chi connectivity index (χ0v) is 7.72. The van der Waals surface area contributed by atoms with Crippen molar-refractivity contribution in [2.45, 2.75) is 20.3 Å². The summed E-state index contributed by atoms with van der Waals surface area (Å²) in [7, 11) is 0. The molecule has 0 fully saturated rings. The topological polar surface area (TPSA) is 42.9 Å². The Morgan fingerprint density at radius 2 is 2.25 bits per heavy atom. The van der Waals surface area contributed by atoms with Gasteiger partial charge in [-0.05, 0) is 6.42 Å². The van der Waals surface area contributed by atoms with Gasteiger partial charge in [0.1, 0.15) is 12.0 Å². The van der Waals surface area contributed by atoms with Gasteiger partial charge in [0.15, 0.2) is 5.78 Å². The molecule has 1 heterocycles. The summed E-state index contributed by atoms with van der Waals surface area (Å²) < 4.78 is 0. The smallest absolute Gasteiger partial charge is 0.179 e. The molecule has 4 heteroatoms. The van der Waals surface area contributed by atoms with Crippen molar-refractivity contribution < 1.29 is 4.79 Å². The molecule has 0 unspecified atom stereocenters. The molecule has 3 nitrogen and oxygen atoms in total. The number of aryl methyl sites for hydroxylation is 1. The highest BCUT2D eigenvalue weighted by Gasteiger charge is 2.10. The summed E-state index contributed by atoms with van der Waals surface area (Å²) in [6.45, 7) is 3.37. The van der Waals surface area contributed by atoms with Crippen LogP contribution in [0, 0.1) is 0 Å². The average Bonchev–Trinajstić information content (AvgIpc) is 2.04. The lowest BCUT2D eigenvalue weighted by Gasteiger charge is -2.01. The third-order valence-electron chi connectivity index (χ3n) is 1.53. The van der Waals surface area contributed by atoms with E-state index in [4.69, 9.17) is 11.6 Å². The maximum absolute atomic E-state index is 11.0. The van der Waals surface area contributed by atoms with Gasteiger partial charge < -0.3 is 0 Å². The Morgan fingerprint density at radius 1 is 1.58 bits per heavy atom. The molecule has 0 amide bonds. The number of rotatable bonds is 2. The number of hydrogen-bond acceptors (Lipinski definition) is 3. The van der Waals surface area contributed by atoms with Crippen LogP contribution < -0.4 is 0 Å². The maximum atomic E-state index is 11.0. The SMILES string of the molecule is CCc1ncnc(C(C)=O)c1Cl. The minimum atomic E-state index is -0.128. The minimum absolute atomic E-state index is 0.128. The van der Waals surface area contributed by atoms with E-state index in [0.29, 0.717) is 17.1 Å². The summed E-state index contributed by atoms with van der Waals surface area (Å²) in [6, 6.07) is 0. The molecule has 64 valence electrons. The molecule has 0 aliphatic heterocycles. The molecule has 0 saturated carbocycles. The van der Waals surface area contributed by atoms with E-state index < -0.39 is 0 Å². The van der Waals surface area contributed by atoms with Gasteiger partial charge in [-0.15, -0.1) is 0 Å². The Hall–Kier alpha value is -0.960. The summed E-state index contributed by atoms with van der Waals surface area (Å²) in [5, 5.41) is 0.382. The summed E-state index contributed by atoms with van der Waals surface area (Å²) >= 11 is 5.86. The van der Waals surface area contributed by atoms with Crippen molar-refractivity contribution in [3.8, 4) is 0 Å². The summed E-state index contributed by atoms with van der Waals surface area (Å²) in [5.41, 5.74) is 1.03. The molecule has 0 aliphatic carbocycles. The third-order valence-corrected chi connectivity index (χ3v) is 1.93. The first kappa shape index (κ1) is 9.13. The molecule has 0 saturated heterocycles. The number of carbonyl (C=O) groups excluding carboxylic acids is 1. The third kappa shape index (κ3) is 1.61. The largest absolute Gasteiger partial charge is 0.293 e. The minimum Gasteiger partial charge on any atom is -0.293 e. The standard InChI is InChI=1S/C8H9ClN2O/c1-3-6-7(9)8(5(2)12)11-4-10-6/h4H,3H2,1-2H3. The lowest BCUT2D eigenvalue weighted by atomic mass is 10.2. The van der Waals surface area contributed by atoms with Gasteiger partial charge in [0.05, 0.1) is 10.7 Å². The second-order valence-corrected chi connectivity index (χ2v) is 2.77. The van der Waals surface area contributed by atoms with Crippen LogP contribution in [0.25, 0.3) is 0 Å². The van der Waals surface area contributed by atoms with Crippen molar-refractivity contribution in [1.82, 2.24) is 9.97 Å². The van der Waals surface area contributed by atoms with E-state index in [9.17, 15) is 4.79 Å². The summed E-state index contributed by atoms with van der Waals surface area (Å²) in [4.78, 5) is 18.7. The Labute approximate surface area is 75.8 Å². The van der Waals surface area contributed by atoms with Gasteiger partial charge in [0.25, 0.3) is 0 Å². The molecular formula is C8H9ClN2O. The van der Waals surface area contributed by atoms with Crippen LogP contribution in [-0.2, 0) is 6.42 Å². The molecule has 0 bridgehead atoms. The second kappa shape index (κ2) is 3.63. The molecule has 0 atom stereocenters. The van der Waals surface area contributed by atoms with Crippen molar-refractivity contribution in [3.05, 3.63) is 22.7 Å². The highest BCUT2D eigenvalue weighted by Crippen LogP contribution is 2.17. The van der Waals surface area contributed by atoms with Crippen LogP contribution in [-0.4, -0.2) is 15.8 Å². The zero-order valence-electron chi connectivity index (χ0n) is 6.97. The Balaban J connectivity index is 3.23. The quantitative estimate of drug-likeness (QED) is 0.660. The molecule has 12 heavy (non-hydrogen) atoms. The van der Waals surface area contributed by atoms with Crippen molar-refractivity contribution in [3.63, 3.8) is 0 Å². The van der Waals surface area contributed by atoms with Crippen molar-refractivity contribution in [2.75, 3.05) is 0 Å². The molecular weight excluding hydrogens is 176 g/mol. The number of nitrogens with zero attached hydrogens (tertiary/aromatic N) is 2. The van der Waals surface area contributed by atoms with Gasteiger partial charge >= 0.3 is 0 Å². The number of carbonyl (C=O) groups is 1. The Kier molecular flexibility index (Phi) is 2.76. The van der Waals surface area contributed by atoms with E-state index in [1.54, 1.807) is 0 Å². The van der Waals surface area contributed by atoms with Crippen LogP contribution in [0.2, 0.25) is 5.02 Å². The predicted molar refractivity (Wildman–Crippen MR) is 46.4 cm³/mol. The molecule has 0 aliphatic rings. The van der Waals surface area contributed by atoms with E-state index in [0.717, 1.165) is 5.69 Å².